The topological polar surface area (TPSA) is 9.23 Å². The van der Waals surface area contributed by atoms with Crippen LogP contribution in [0.4, 0.5) is 0 Å². The molecule has 5 heteroatoms. The molecule has 0 aromatic heterocycles. The molecule has 0 spiro atoms. The van der Waals surface area contributed by atoms with Gasteiger partial charge < -0.3 is 4.12 Å². The van der Waals surface area contributed by atoms with E-state index >= 15 is 0 Å². The second-order valence-corrected chi connectivity index (χ2v) is 36.9. The third-order valence-corrected chi connectivity index (χ3v) is 33.1. The molecule has 0 bridgehead atoms. The summed E-state index contributed by atoms with van der Waals surface area (Å²) in [6.45, 7) is 27.7. The first kappa shape index (κ1) is 23.1. The van der Waals surface area contributed by atoms with Gasteiger partial charge >= 0.3 is 0 Å². The van der Waals surface area contributed by atoms with Gasteiger partial charge in [-0.05, 0) is 51.5 Å². The highest BCUT2D eigenvalue weighted by Gasteiger charge is 2.68. The molecule has 0 saturated heterocycles. The van der Waals surface area contributed by atoms with Gasteiger partial charge in [-0.1, -0.05) is 80.8 Å². The summed E-state index contributed by atoms with van der Waals surface area (Å²) < 4.78 is 7.85. The van der Waals surface area contributed by atoms with Crippen LogP contribution in [-0.2, 0) is 8.78 Å². The summed E-state index contributed by atoms with van der Waals surface area (Å²) in [4.78, 5) is 0. The third kappa shape index (κ3) is 3.95. The van der Waals surface area contributed by atoms with E-state index < -0.39 is 31.8 Å². The lowest BCUT2D eigenvalue weighted by Crippen LogP contribution is -2.81. The zero-order chi connectivity index (χ0) is 20.9. The molecule has 1 nitrogen and oxygen atoms in total. The molecule has 152 valence electrons. The summed E-state index contributed by atoms with van der Waals surface area (Å²) in [5.74, 6) is 0. The summed E-state index contributed by atoms with van der Waals surface area (Å²) in [6, 6.07) is 12.8. The summed E-state index contributed by atoms with van der Waals surface area (Å²) in [7, 11) is -6.93. The van der Waals surface area contributed by atoms with Gasteiger partial charge in [-0.25, -0.2) is 0 Å². The molecular weight excluding hydrogens is 393 g/mol. The molecule has 0 unspecified atom stereocenters. The Balaban J connectivity index is 2.99. The van der Waals surface area contributed by atoms with E-state index in [0.29, 0.717) is 0 Å². The van der Waals surface area contributed by atoms with Gasteiger partial charge in [-0.3, -0.25) is 0 Å². The molecule has 1 aliphatic rings. The van der Waals surface area contributed by atoms with Crippen LogP contribution in [0, 0.1) is 0 Å². The van der Waals surface area contributed by atoms with Crippen LogP contribution in [0.15, 0.2) is 41.5 Å². The molecule has 1 aromatic carbocycles. The number of allylic oxidation sites excluding steroid dienone is 2. The summed E-state index contributed by atoms with van der Waals surface area (Å²) in [5.41, 5.74) is 4.84. The zero-order valence-corrected chi connectivity index (χ0v) is 23.7. The van der Waals surface area contributed by atoms with E-state index in [-0.39, 0.29) is 4.66 Å². The van der Waals surface area contributed by atoms with Crippen LogP contribution < -0.4 is 0 Å². The van der Waals surface area contributed by atoms with Gasteiger partial charge in [0.1, 0.15) is 0 Å². The van der Waals surface area contributed by atoms with Gasteiger partial charge in [0, 0.05) is 4.66 Å². The fourth-order valence-corrected chi connectivity index (χ4v) is 42.8. The predicted molar refractivity (Wildman–Crippen MR) is 133 cm³/mol. The molecule has 1 heterocycles. The summed E-state index contributed by atoms with van der Waals surface area (Å²) >= 11 is 0. The quantitative estimate of drug-likeness (QED) is 0.349. The van der Waals surface area contributed by atoms with Crippen molar-refractivity contribution < 1.29 is 4.12 Å². The second kappa shape index (κ2) is 7.24. The van der Waals surface area contributed by atoms with E-state index in [1.54, 1.807) is 16.7 Å². The Morgan fingerprint density at radius 2 is 1.33 bits per heavy atom. The first-order valence-electron chi connectivity index (χ1n) is 10.5. The highest BCUT2D eigenvalue weighted by atomic mass is 29.3. The van der Waals surface area contributed by atoms with E-state index in [9.17, 15) is 0 Å². The molecule has 1 aromatic rings. The van der Waals surface area contributed by atoms with Crippen molar-refractivity contribution in [3.8, 4) is 0 Å². The monoisotopic (exact) mass is 434 g/mol. The van der Waals surface area contributed by atoms with Crippen molar-refractivity contribution in [2.45, 2.75) is 89.9 Å². The van der Waals surface area contributed by atoms with E-state index in [1.807, 2.05) is 0 Å². The minimum Gasteiger partial charge on any atom is -0.457 e. The van der Waals surface area contributed by atoms with Crippen LogP contribution in [0.2, 0.25) is 65.0 Å². The predicted octanol–water partition coefficient (Wildman–Crippen LogP) is 7.29. The van der Waals surface area contributed by atoms with Crippen molar-refractivity contribution in [2.24, 2.45) is 0 Å². The lowest BCUT2D eigenvalue weighted by atomic mass is 10.0. The zero-order valence-electron chi connectivity index (χ0n) is 19.7. The van der Waals surface area contributed by atoms with Gasteiger partial charge in [0.25, 0.3) is 0 Å². The Morgan fingerprint density at radius 3 is 1.74 bits per heavy atom. The Hall–Kier alpha value is -0.212. The molecule has 0 radical (unpaired) electrons. The van der Waals surface area contributed by atoms with Crippen molar-refractivity contribution in [1.29, 1.82) is 0 Å². The number of hydrogen-bond acceptors (Lipinski definition) is 1. The Kier molecular flexibility index (Phi) is 6.18. The molecule has 0 amide bonds. The highest BCUT2D eigenvalue weighted by molar-refractivity contribution is 7.43. The lowest BCUT2D eigenvalue weighted by Gasteiger charge is -2.64. The van der Waals surface area contributed by atoms with Gasteiger partial charge in [-0.15, -0.1) is 0 Å². The molecule has 1 aliphatic heterocycles. The average molecular weight is 435 g/mol. The number of benzene rings is 1. The van der Waals surface area contributed by atoms with Gasteiger partial charge in [0.15, 0.2) is 16.2 Å². The molecule has 0 saturated carbocycles. The molecule has 0 N–H and O–H groups in total. The van der Waals surface area contributed by atoms with Gasteiger partial charge in [0.2, 0.25) is 0 Å². The van der Waals surface area contributed by atoms with Crippen LogP contribution in [0.1, 0.15) is 25.8 Å². The van der Waals surface area contributed by atoms with E-state index in [2.05, 4.69) is 103 Å². The first-order valence-corrected chi connectivity index (χ1v) is 24.0. The van der Waals surface area contributed by atoms with Crippen molar-refractivity contribution >= 4 is 31.8 Å². The maximum Gasteiger partial charge on any atom is 0.178 e. The van der Waals surface area contributed by atoms with E-state index in [4.69, 9.17) is 4.12 Å². The molecule has 2 rings (SSSR count). The van der Waals surface area contributed by atoms with E-state index in [1.165, 1.54) is 12.5 Å². The summed E-state index contributed by atoms with van der Waals surface area (Å²) in [6.07, 6.45) is 1.22. The largest absolute Gasteiger partial charge is 0.457 e. The molecule has 0 aliphatic carbocycles. The van der Waals surface area contributed by atoms with Crippen LogP contribution in [-0.4, -0.2) is 31.8 Å². The molecule has 27 heavy (non-hydrogen) atoms. The lowest BCUT2D eigenvalue weighted by molar-refractivity contribution is 0.499. The van der Waals surface area contributed by atoms with Crippen LogP contribution in [0.25, 0.3) is 0 Å². The minimum atomic E-state index is -2.08. The fourth-order valence-electron chi connectivity index (χ4n) is 5.43. The van der Waals surface area contributed by atoms with Crippen LogP contribution >= 0.6 is 0 Å². The Morgan fingerprint density at radius 1 is 0.815 bits per heavy atom. The van der Waals surface area contributed by atoms with Crippen LogP contribution in [0.5, 0.6) is 0 Å². The molecular formula is C22H42OSi4. The molecule has 2 atom stereocenters. The van der Waals surface area contributed by atoms with Crippen molar-refractivity contribution in [3.63, 3.8) is 0 Å². The smallest absolute Gasteiger partial charge is 0.178 e. The maximum absolute atomic E-state index is 7.59. The van der Waals surface area contributed by atoms with Crippen molar-refractivity contribution in [1.82, 2.24) is 0 Å². The number of hydrogen-bond donors (Lipinski definition) is 0. The van der Waals surface area contributed by atoms with Crippen LogP contribution in [0.3, 0.4) is 0 Å². The minimum absolute atomic E-state index is 0.260. The van der Waals surface area contributed by atoms with Crippen molar-refractivity contribution in [3.05, 3.63) is 47.0 Å². The Bertz CT molecular complexity index is 707. The highest BCUT2D eigenvalue weighted by Crippen LogP contribution is 2.56. The van der Waals surface area contributed by atoms with Gasteiger partial charge in [-0.2, -0.15) is 0 Å². The first-order chi connectivity index (χ1) is 12.1. The van der Waals surface area contributed by atoms with E-state index in [0.717, 1.165) is 0 Å². The maximum atomic E-state index is 7.59. The standard InChI is InChI=1S/C22H42OSi4/c1-19-17-22(24(3,4)5,21-15-13-12-14-16-21)27(18-20(19)2,26(9,10)11)23-25(6,7)8/h12-16H,17-18H2,1-11H3/t22-,27+/m1/s1. The number of rotatable bonds is 5. The average Bonchev–Trinajstić information content (AvgIpc) is 2.47. The molecule has 0 fully saturated rings. The second-order valence-electron chi connectivity index (χ2n) is 11.7. The Labute approximate surface area is 172 Å². The fraction of sp³-hybridized carbons (Fsp3) is 0.636. The van der Waals surface area contributed by atoms with Gasteiger partial charge in [0.05, 0.1) is 15.7 Å². The SMILES string of the molecule is CC1=C(C)C[Si@](O[Si](C)(C)C)([Si](C)(C)C)[C@](c2ccccc2)([Si](C)(C)C)C1. The summed E-state index contributed by atoms with van der Waals surface area (Å²) in [5, 5.41) is 0. The third-order valence-electron chi connectivity index (χ3n) is 6.70. The normalized spacial score (nSPS) is 27.8. The van der Waals surface area contributed by atoms with Crippen molar-refractivity contribution in [2.75, 3.05) is 0 Å².